The predicted molar refractivity (Wildman–Crippen MR) is 121 cm³/mol. The van der Waals surface area contributed by atoms with Crippen LogP contribution < -0.4 is 0 Å². The third-order valence-corrected chi connectivity index (χ3v) is 6.07. The van der Waals surface area contributed by atoms with Gasteiger partial charge in [-0.1, -0.05) is 48.5 Å². The van der Waals surface area contributed by atoms with E-state index in [-0.39, 0.29) is 5.78 Å². The van der Waals surface area contributed by atoms with Crippen molar-refractivity contribution in [1.29, 1.82) is 0 Å². The number of piperazine rings is 1. The Bertz CT molecular complexity index is 1160. The van der Waals surface area contributed by atoms with Crippen LogP contribution in [0.1, 0.15) is 22.3 Å². The summed E-state index contributed by atoms with van der Waals surface area (Å²) >= 11 is 0. The fourth-order valence-electron chi connectivity index (χ4n) is 4.32. The fourth-order valence-corrected chi connectivity index (χ4v) is 4.32. The third-order valence-electron chi connectivity index (χ3n) is 6.07. The lowest BCUT2D eigenvalue weighted by atomic mass is 10.0. The second kappa shape index (κ2) is 8.42. The lowest BCUT2D eigenvalue weighted by Gasteiger charge is -2.34. The normalized spacial score (nSPS) is 15.7. The number of benzene rings is 3. The number of furan rings is 1. The van der Waals surface area contributed by atoms with Gasteiger partial charge < -0.3 is 9.32 Å². The summed E-state index contributed by atoms with van der Waals surface area (Å²) in [5, 5.41) is 2.09. The quantitative estimate of drug-likeness (QED) is 0.430. The van der Waals surface area contributed by atoms with E-state index in [9.17, 15) is 4.79 Å². The number of nitrogens with zero attached hydrogens (tertiary/aromatic N) is 2. The number of Topliss-reactive ketones (excluding diaryl/α,β-unsaturated/α-hetero) is 1. The highest BCUT2D eigenvalue weighted by Gasteiger charge is 2.18. The molecule has 30 heavy (non-hydrogen) atoms. The van der Waals surface area contributed by atoms with E-state index in [4.69, 9.17) is 4.42 Å². The highest BCUT2D eigenvalue weighted by molar-refractivity contribution is 6.08. The van der Waals surface area contributed by atoms with Crippen LogP contribution in [0.5, 0.6) is 0 Å². The number of carbonyl (C=O) groups excluding carboxylic acids is 1. The van der Waals surface area contributed by atoms with E-state index in [0.717, 1.165) is 66.8 Å². The van der Waals surface area contributed by atoms with Gasteiger partial charge in [-0.2, -0.15) is 0 Å². The standard InChI is InChI=1S/C26H26N2O2/c29-24(21-10-11-26-23(18-21)22-8-4-5-9-25(22)30-26)12-13-27-14-16-28(17-15-27)19-20-6-2-1-3-7-20/h1-11,18H,12-17,19H2. The molecule has 0 amide bonds. The molecule has 0 spiro atoms. The number of hydrogen-bond acceptors (Lipinski definition) is 4. The van der Waals surface area contributed by atoms with Crippen LogP contribution in [-0.2, 0) is 6.54 Å². The van der Waals surface area contributed by atoms with Crippen molar-refractivity contribution in [2.75, 3.05) is 32.7 Å². The zero-order chi connectivity index (χ0) is 20.3. The lowest BCUT2D eigenvalue weighted by Crippen LogP contribution is -2.46. The molecule has 4 aromatic rings. The van der Waals surface area contributed by atoms with Crippen LogP contribution in [0.3, 0.4) is 0 Å². The topological polar surface area (TPSA) is 36.7 Å². The number of fused-ring (bicyclic) bond motifs is 3. The largest absolute Gasteiger partial charge is 0.456 e. The van der Waals surface area contributed by atoms with Crippen LogP contribution in [0.2, 0.25) is 0 Å². The van der Waals surface area contributed by atoms with Crippen LogP contribution >= 0.6 is 0 Å². The van der Waals surface area contributed by atoms with Gasteiger partial charge in [0.1, 0.15) is 11.2 Å². The van der Waals surface area contributed by atoms with E-state index < -0.39 is 0 Å². The zero-order valence-electron chi connectivity index (χ0n) is 17.1. The average Bonchev–Trinajstić information content (AvgIpc) is 3.17. The first-order valence-electron chi connectivity index (χ1n) is 10.7. The molecule has 152 valence electrons. The molecule has 1 aliphatic rings. The molecule has 3 aromatic carbocycles. The number of carbonyl (C=O) groups is 1. The molecule has 0 N–H and O–H groups in total. The lowest BCUT2D eigenvalue weighted by molar-refractivity contribution is 0.0923. The molecule has 4 heteroatoms. The second-order valence-corrected chi connectivity index (χ2v) is 8.09. The van der Waals surface area contributed by atoms with E-state index in [1.54, 1.807) is 0 Å². The molecule has 0 saturated carbocycles. The average molecular weight is 399 g/mol. The minimum atomic E-state index is 0.203. The maximum absolute atomic E-state index is 12.8. The van der Waals surface area contributed by atoms with Crippen molar-refractivity contribution in [3.8, 4) is 0 Å². The van der Waals surface area contributed by atoms with E-state index in [1.807, 2.05) is 42.5 Å². The van der Waals surface area contributed by atoms with Gasteiger partial charge >= 0.3 is 0 Å². The number of hydrogen-bond donors (Lipinski definition) is 0. The Labute approximate surface area is 176 Å². The first-order valence-corrected chi connectivity index (χ1v) is 10.7. The molecular weight excluding hydrogens is 372 g/mol. The molecule has 1 saturated heterocycles. The van der Waals surface area contributed by atoms with Gasteiger partial charge in [-0.25, -0.2) is 0 Å². The molecule has 5 rings (SSSR count). The molecule has 0 bridgehead atoms. The first kappa shape index (κ1) is 19.0. The van der Waals surface area contributed by atoms with Gasteiger partial charge in [0.2, 0.25) is 0 Å². The van der Waals surface area contributed by atoms with Crippen molar-refractivity contribution < 1.29 is 9.21 Å². The molecule has 0 radical (unpaired) electrons. The molecule has 1 aromatic heterocycles. The van der Waals surface area contributed by atoms with Crippen LogP contribution in [-0.4, -0.2) is 48.3 Å². The van der Waals surface area contributed by atoms with Crippen molar-refractivity contribution in [2.45, 2.75) is 13.0 Å². The monoisotopic (exact) mass is 398 g/mol. The summed E-state index contributed by atoms with van der Waals surface area (Å²) in [6.07, 6.45) is 0.556. The number of ketones is 1. The van der Waals surface area contributed by atoms with E-state index >= 15 is 0 Å². The molecule has 1 fully saturated rings. The van der Waals surface area contributed by atoms with Gasteiger partial charge in [0.05, 0.1) is 0 Å². The van der Waals surface area contributed by atoms with Gasteiger partial charge in [0.15, 0.2) is 5.78 Å². The molecule has 2 heterocycles. The summed E-state index contributed by atoms with van der Waals surface area (Å²) in [5.41, 5.74) is 3.84. The highest BCUT2D eigenvalue weighted by Crippen LogP contribution is 2.29. The summed E-state index contributed by atoms with van der Waals surface area (Å²) in [4.78, 5) is 17.7. The van der Waals surface area contributed by atoms with E-state index in [2.05, 4.69) is 40.1 Å². The minimum absolute atomic E-state index is 0.203. The summed E-state index contributed by atoms with van der Waals surface area (Å²) in [5.74, 6) is 0.203. The van der Waals surface area contributed by atoms with Crippen LogP contribution in [0, 0.1) is 0 Å². The predicted octanol–water partition coefficient (Wildman–Crippen LogP) is 4.98. The Kier molecular flexibility index (Phi) is 5.35. The van der Waals surface area contributed by atoms with Gasteiger partial charge in [-0.05, 0) is 29.8 Å². The van der Waals surface area contributed by atoms with Crippen LogP contribution in [0.25, 0.3) is 21.9 Å². The maximum atomic E-state index is 12.8. The Hall–Kier alpha value is -2.95. The summed E-state index contributed by atoms with van der Waals surface area (Å²) in [6, 6.07) is 24.4. The smallest absolute Gasteiger partial charge is 0.164 e. The van der Waals surface area contributed by atoms with Gasteiger partial charge in [-0.15, -0.1) is 0 Å². The third kappa shape index (κ3) is 4.02. The summed E-state index contributed by atoms with van der Waals surface area (Å²) < 4.78 is 5.87. The molecule has 0 atom stereocenters. The number of para-hydroxylation sites is 1. The van der Waals surface area contributed by atoms with Crippen molar-refractivity contribution in [3.63, 3.8) is 0 Å². The van der Waals surface area contributed by atoms with Crippen molar-refractivity contribution >= 4 is 27.7 Å². The van der Waals surface area contributed by atoms with Gasteiger partial charge in [0, 0.05) is 62.0 Å². The maximum Gasteiger partial charge on any atom is 0.164 e. The molecule has 0 unspecified atom stereocenters. The van der Waals surface area contributed by atoms with E-state index in [1.165, 1.54) is 5.56 Å². The minimum Gasteiger partial charge on any atom is -0.456 e. The van der Waals surface area contributed by atoms with Crippen LogP contribution in [0.4, 0.5) is 0 Å². The SMILES string of the molecule is O=C(CCN1CCN(Cc2ccccc2)CC1)c1ccc2oc3ccccc3c2c1. The summed E-state index contributed by atoms with van der Waals surface area (Å²) in [7, 11) is 0. The molecular formula is C26H26N2O2. The molecule has 4 nitrogen and oxygen atoms in total. The van der Waals surface area contributed by atoms with Crippen LogP contribution in [0.15, 0.2) is 77.2 Å². The van der Waals surface area contributed by atoms with Crippen molar-refractivity contribution in [3.05, 3.63) is 83.9 Å². The number of rotatable bonds is 6. The zero-order valence-corrected chi connectivity index (χ0v) is 17.1. The Morgan fingerprint density at radius 1 is 0.767 bits per heavy atom. The second-order valence-electron chi connectivity index (χ2n) is 8.09. The molecule has 1 aliphatic heterocycles. The Morgan fingerprint density at radius 2 is 1.47 bits per heavy atom. The van der Waals surface area contributed by atoms with Crippen molar-refractivity contribution in [1.82, 2.24) is 9.80 Å². The van der Waals surface area contributed by atoms with Gasteiger partial charge in [-0.3, -0.25) is 9.69 Å². The van der Waals surface area contributed by atoms with Gasteiger partial charge in [0.25, 0.3) is 0 Å². The first-order chi connectivity index (χ1) is 14.8. The highest BCUT2D eigenvalue weighted by atomic mass is 16.3. The fraction of sp³-hybridized carbons (Fsp3) is 0.269. The Morgan fingerprint density at radius 3 is 2.30 bits per heavy atom. The van der Waals surface area contributed by atoms with Crippen molar-refractivity contribution in [2.24, 2.45) is 0 Å². The van der Waals surface area contributed by atoms with E-state index in [0.29, 0.717) is 6.42 Å². The Balaban J connectivity index is 1.17. The molecule has 0 aliphatic carbocycles. The summed E-state index contributed by atoms with van der Waals surface area (Å²) in [6.45, 7) is 5.97.